The van der Waals surface area contributed by atoms with Crippen LogP contribution in [0.15, 0.2) is 90.9 Å². The molecule has 0 aliphatic rings. The quantitative estimate of drug-likeness (QED) is 0.0776. The lowest BCUT2D eigenvalue weighted by Gasteiger charge is -2.20. The van der Waals surface area contributed by atoms with Gasteiger partial charge in [-0.2, -0.15) is 5.10 Å². The van der Waals surface area contributed by atoms with E-state index in [1.807, 2.05) is 42.6 Å². The highest BCUT2D eigenvalue weighted by Crippen LogP contribution is 2.29. The SMILES string of the molecule is COCCOCCn1cc(-c2cccc(-c3ccc(Cl)c(CC(NC(=O)c4ccnn4C)C(=O)Nc4ccc(/C(C(C)=N)=C(\C)N)cc4)c3)c2)nn1. The normalized spacial score (nSPS) is 12.2. The minimum absolute atomic E-state index is 0.104. The number of nitrogens with zero attached hydrogens (tertiary/aromatic N) is 5. The van der Waals surface area contributed by atoms with Crippen LogP contribution in [0.1, 0.15) is 35.5 Å². The summed E-state index contributed by atoms with van der Waals surface area (Å²) in [7, 11) is 3.29. The van der Waals surface area contributed by atoms with E-state index in [1.165, 1.54) is 10.9 Å². The van der Waals surface area contributed by atoms with Gasteiger partial charge in [0.25, 0.3) is 5.91 Å². The third-order valence-corrected chi connectivity index (χ3v) is 8.65. The number of aryl methyl sites for hydroxylation is 1. The molecular weight excluding hydrogens is 682 g/mol. The van der Waals surface area contributed by atoms with Gasteiger partial charge < -0.3 is 31.3 Å². The molecular formula is C38H42ClN9O4. The summed E-state index contributed by atoms with van der Waals surface area (Å²) in [6.45, 7) is 5.51. The number of carbonyl (C=O) groups is 2. The van der Waals surface area contributed by atoms with Crippen molar-refractivity contribution in [3.63, 3.8) is 0 Å². The molecule has 2 aromatic heterocycles. The molecule has 14 heteroatoms. The van der Waals surface area contributed by atoms with Crippen LogP contribution in [0.25, 0.3) is 28.0 Å². The first kappa shape index (κ1) is 37.6. The van der Waals surface area contributed by atoms with Crippen LogP contribution in [0.3, 0.4) is 0 Å². The highest BCUT2D eigenvalue weighted by atomic mass is 35.5. The Balaban J connectivity index is 1.37. The fraction of sp³-hybridized carbons (Fsp3) is 0.263. The number of ether oxygens (including phenoxy) is 2. The molecule has 5 N–H and O–H groups in total. The molecule has 0 aliphatic carbocycles. The Kier molecular flexibility index (Phi) is 12.7. The molecule has 0 aliphatic heterocycles. The van der Waals surface area contributed by atoms with Gasteiger partial charge in [0.2, 0.25) is 5.91 Å². The summed E-state index contributed by atoms with van der Waals surface area (Å²) in [5.41, 5.74) is 13.1. The number of methoxy groups -OCH3 is 1. The topological polar surface area (TPSA) is 175 Å². The maximum atomic E-state index is 13.8. The molecule has 2 heterocycles. The van der Waals surface area contributed by atoms with E-state index in [0.717, 1.165) is 22.3 Å². The molecule has 0 radical (unpaired) electrons. The Bertz CT molecular complexity index is 2070. The largest absolute Gasteiger partial charge is 0.402 e. The first-order chi connectivity index (χ1) is 25.0. The maximum absolute atomic E-state index is 13.8. The van der Waals surface area contributed by atoms with Crippen LogP contribution in [0, 0.1) is 5.41 Å². The number of nitrogens with two attached hydrogens (primary N) is 1. The van der Waals surface area contributed by atoms with Crippen LogP contribution in [0.4, 0.5) is 5.69 Å². The smallest absolute Gasteiger partial charge is 0.270 e. The number of nitrogens with one attached hydrogen (secondary N) is 3. The van der Waals surface area contributed by atoms with Crippen LogP contribution >= 0.6 is 11.6 Å². The number of allylic oxidation sites excluding steroid dienone is 2. The average Bonchev–Trinajstić information content (AvgIpc) is 3.78. The van der Waals surface area contributed by atoms with Gasteiger partial charge in [-0.05, 0) is 72.5 Å². The summed E-state index contributed by atoms with van der Waals surface area (Å²) in [4.78, 5) is 27.2. The van der Waals surface area contributed by atoms with Crippen LogP contribution in [0.2, 0.25) is 5.02 Å². The van der Waals surface area contributed by atoms with Gasteiger partial charge in [-0.25, -0.2) is 4.68 Å². The Morgan fingerprint density at radius 3 is 2.42 bits per heavy atom. The minimum atomic E-state index is -1.000. The standard InChI is InChI=1S/C38H42ClN9O4/c1-24(40)36(25(2)41)26-8-11-31(12-9-26)43-37(49)33(44-38(50)35-14-15-42-47(35)3)22-30-21-28(10-13-32(30)39)27-6-5-7-29(20-27)34-23-48(46-45-34)16-17-52-19-18-51-4/h5-15,20-21,23,33,40H,16-19,22,41H2,1-4H3,(H,43,49)(H,44,50)/b36-25+,40-24?. The Hall–Kier alpha value is -5.63. The van der Waals surface area contributed by atoms with Crippen molar-refractivity contribution in [1.82, 2.24) is 30.1 Å². The van der Waals surface area contributed by atoms with Gasteiger partial charge in [0.1, 0.15) is 17.4 Å². The Labute approximate surface area is 307 Å². The lowest BCUT2D eigenvalue weighted by molar-refractivity contribution is -0.118. The monoisotopic (exact) mass is 723 g/mol. The number of hydrogen-bond donors (Lipinski definition) is 4. The summed E-state index contributed by atoms with van der Waals surface area (Å²) in [5.74, 6) is -0.896. The number of hydrogen-bond acceptors (Lipinski definition) is 9. The number of aromatic nitrogens is 5. The molecule has 3 aromatic carbocycles. The van der Waals surface area contributed by atoms with Crippen molar-refractivity contribution in [3.8, 4) is 22.4 Å². The predicted molar refractivity (Wildman–Crippen MR) is 202 cm³/mol. The van der Waals surface area contributed by atoms with E-state index in [2.05, 4.69) is 26.0 Å². The van der Waals surface area contributed by atoms with E-state index in [0.29, 0.717) is 71.0 Å². The van der Waals surface area contributed by atoms with Crippen molar-refractivity contribution >= 4 is 40.4 Å². The third kappa shape index (κ3) is 9.57. The summed E-state index contributed by atoms with van der Waals surface area (Å²) >= 11 is 6.72. The van der Waals surface area contributed by atoms with Crippen LogP contribution in [-0.4, -0.2) is 75.3 Å². The molecule has 5 rings (SSSR count). The third-order valence-electron chi connectivity index (χ3n) is 8.28. The molecule has 0 spiro atoms. The van der Waals surface area contributed by atoms with Gasteiger partial charge in [-0.3, -0.25) is 14.3 Å². The van der Waals surface area contributed by atoms with E-state index in [1.54, 1.807) is 69.1 Å². The molecule has 0 fully saturated rings. The van der Waals surface area contributed by atoms with Gasteiger partial charge in [-0.1, -0.05) is 53.2 Å². The van der Waals surface area contributed by atoms with E-state index in [4.69, 9.17) is 32.2 Å². The Morgan fingerprint density at radius 2 is 1.73 bits per heavy atom. The lowest BCUT2D eigenvalue weighted by Crippen LogP contribution is -2.45. The highest BCUT2D eigenvalue weighted by molar-refractivity contribution is 6.31. The molecule has 0 saturated heterocycles. The first-order valence-electron chi connectivity index (χ1n) is 16.6. The van der Waals surface area contributed by atoms with Crippen molar-refractivity contribution in [1.29, 1.82) is 5.41 Å². The zero-order chi connectivity index (χ0) is 37.2. The zero-order valence-electron chi connectivity index (χ0n) is 29.5. The van der Waals surface area contributed by atoms with Crippen LogP contribution in [0.5, 0.6) is 0 Å². The van der Waals surface area contributed by atoms with Crippen molar-refractivity contribution in [2.24, 2.45) is 12.8 Å². The second-order valence-corrected chi connectivity index (χ2v) is 12.6. The number of anilines is 1. The second-order valence-electron chi connectivity index (χ2n) is 12.2. The van der Waals surface area contributed by atoms with E-state index in [-0.39, 0.29) is 6.42 Å². The second kappa shape index (κ2) is 17.5. The summed E-state index contributed by atoms with van der Waals surface area (Å²) in [5, 5.41) is 27.0. The zero-order valence-corrected chi connectivity index (χ0v) is 30.3. The number of benzene rings is 3. The Morgan fingerprint density at radius 1 is 0.981 bits per heavy atom. The molecule has 13 nitrogen and oxygen atoms in total. The first-order valence-corrected chi connectivity index (χ1v) is 17.0. The van der Waals surface area contributed by atoms with Crippen molar-refractivity contribution < 1.29 is 19.1 Å². The molecule has 0 saturated carbocycles. The maximum Gasteiger partial charge on any atom is 0.270 e. The van der Waals surface area contributed by atoms with Gasteiger partial charge in [-0.15, -0.1) is 5.10 Å². The molecule has 5 aromatic rings. The molecule has 270 valence electrons. The summed E-state index contributed by atoms with van der Waals surface area (Å²) in [6, 6.07) is 21.1. The number of amides is 2. The highest BCUT2D eigenvalue weighted by Gasteiger charge is 2.25. The van der Waals surface area contributed by atoms with Crippen molar-refractivity contribution in [2.75, 3.05) is 32.2 Å². The molecule has 1 unspecified atom stereocenters. The van der Waals surface area contributed by atoms with Gasteiger partial charge in [0, 0.05) is 60.0 Å². The van der Waals surface area contributed by atoms with Crippen molar-refractivity contribution in [3.05, 3.63) is 113 Å². The van der Waals surface area contributed by atoms with Crippen molar-refractivity contribution in [2.45, 2.75) is 32.9 Å². The van der Waals surface area contributed by atoms with Crippen LogP contribution in [-0.2, 0) is 34.3 Å². The molecule has 52 heavy (non-hydrogen) atoms. The number of rotatable bonds is 16. The summed E-state index contributed by atoms with van der Waals surface area (Å²) in [6.07, 6.45) is 3.49. The summed E-state index contributed by atoms with van der Waals surface area (Å²) < 4.78 is 13.7. The predicted octanol–water partition coefficient (Wildman–Crippen LogP) is 5.37. The van der Waals surface area contributed by atoms with E-state index in [9.17, 15) is 9.59 Å². The van der Waals surface area contributed by atoms with E-state index < -0.39 is 17.9 Å². The average molecular weight is 724 g/mol. The molecule has 2 amide bonds. The minimum Gasteiger partial charge on any atom is -0.402 e. The number of carbonyl (C=O) groups excluding carboxylic acids is 2. The van der Waals surface area contributed by atoms with Gasteiger partial charge in [0.05, 0.1) is 32.6 Å². The van der Waals surface area contributed by atoms with Gasteiger partial charge >= 0.3 is 0 Å². The number of halogens is 1. The molecule has 0 bridgehead atoms. The van der Waals surface area contributed by atoms with Gasteiger partial charge in [0.15, 0.2) is 0 Å². The fourth-order valence-corrected chi connectivity index (χ4v) is 5.85. The fourth-order valence-electron chi connectivity index (χ4n) is 5.66. The molecule has 1 atom stereocenters. The van der Waals surface area contributed by atoms with E-state index >= 15 is 0 Å². The lowest BCUT2D eigenvalue weighted by atomic mass is 9.97. The van der Waals surface area contributed by atoms with Crippen LogP contribution < -0.4 is 16.4 Å².